The van der Waals surface area contributed by atoms with Crippen molar-refractivity contribution in [3.8, 4) is 5.75 Å². The molecule has 0 aliphatic rings. The van der Waals surface area contributed by atoms with Gasteiger partial charge < -0.3 is 14.6 Å². The number of hydrogen-bond donors (Lipinski definition) is 1. The van der Waals surface area contributed by atoms with Crippen molar-refractivity contribution in [3.63, 3.8) is 0 Å². The number of imidazole rings is 1. The molecule has 2 aromatic carbocycles. The predicted octanol–water partition coefficient (Wildman–Crippen LogP) is 5.06. The van der Waals surface area contributed by atoms with E-state index in [-0.39, 0.29) is 6.04 Å². The highest BCUT2D eigenvalue weighted by molar-refractivity contribution is 6.35. The van der Waals surface area contributed by atoms with Crippen molar-refractivity contribution in [2.75, 3.05) is 12.4 Å². The van der Waals surface area contributed by atoms with Gasteiger partial charge in [-0.05, 0) is 42.1 Å². The number of pyridine rings is 1. The monoisotopic (exact) mass is 443 g/mol. The van der Waals surface area contributed by atoms with Gasteiger partial charge in [-0.2, -0.15) is 0 Å². The molecule has 1 atom stereocenters. The van der Waals surface area contributed by atoms with Crippen molar-refractivity contribution in [1.82, 2.24) is 24.5 Å². The maximum atomic E-state index is 6.24. The van der Waals surface area contributed by atoms with Crippen LogP contribution in [0.2, 0.25) is 5.02 Å². The normalized spacial score (nSPS) is 12.2. The van der Waals surface area contributed by atoms with Crippen LogP contribution in [0.4, 0.5) is 5.82 Å². The zero-order chi connectivity index (χ0) is 22.1. The lowest BCUT2D eigenvalue weighted by Crippen LogP contribution is -2.10. The highest BCUT2D eigenvalue weighted by Gasteiger charge is 2.15. The summed E-state index contributed by atoms with van der Waals surface area (Å²) in [6, 6.07) is 15.6. The van der Waals surface area contributed by atoms with Gasteiger partial charge in [0.1, 0.15) is 17.6 Å². The first-order valence-electron chi connectivity index (χ1n) is 10.1. The van der Waals surface area contributed by atoms with Crippen molar-refractivity contribution in [2.24, 2.45) is 0 Å². The molecule has 32 heavy (non-hydrogen) atoms. The van der Waals surface area contributed by atoms with Crippen molar-refractivity contribution in [1.29, 1.82) is 0 Å². The molecular weight excluding hydrogens is 424 g/mol. The van der Waals surface area contributed by atoms with Gasteiger partial charge in [-0.25, -0.2) is 19.9 Å². The molecule has 8 heteroatoms. The quantitative estimate of drug-likeness (QED) is 0.395. The maximum Gasteiger partial charge on any atom is 0.165 e. The Hall–Kier alpha value is -3.71. The molecule has 1 N–H and O–H groups in total. The summed E-state index contributed by atoms with van der Waals surface area (Å²) in [7, 11) is 1.66. The van der Waals surface area contributed by atoms with Crippen LogP contribution in [0.15, 0.2) is 61.2 Å². The molecule has 0 aliphatic heterocycles. The van der Waals surface area contributed by atoms with Crippen LogP contribution in [0, 0.1) is 6.20 Å². The minimum absolute atomic E-state index is 0.112. The number of rotatable bonds is 6. The molecular formula is C24H20ClN6O. The second kappa shape index (κ2) is 8.43. The minimum Gasteiger partial charge on any atom is -0.497 e. The van der Waals surface area contributed by atoms with E-state index in [0.717, 1.165) is 33.4 Å². The first-order valence-corrected chi connectivity index (χ1v) is 10.5. The van der Waals surface area contributed by atoms with Gasteiger partial charge in [-0.1, -0.05) is 35.9 Å². The minimum atomic E-state index is -0.112. The average Bonchev–Trinajstić information content (AvgIpc) is 3.23. The fourth-order valence-corrected chi connectivity index (χ4v) is 3.85. The molecule has 0 amide bonds. The SMILES string of the molecule is COc1ccc(Cn2cnc3c(NC(C)c4cc5cccc(Cl)c5[c]n4)ncnc32)cc1. The zero-order valence-electron chi connectivity index (χ0n) is 17.6. The Morgan fingerprint density at radius 3 is 2.78 bits per heavy atom. The fourth-order valence-electron chi connectivity index (χ4n) is 3.62. The number of ether oxygens (including phenoxy) is 1. The number of nitrogens with zero attached hydrogens (tertiary/aromatic N) is 5. The fraction of sp³-hybridized carbons (Fsp3) is 0.167. The highest BCUT2D eigenvalue weighted by atomic mass is 35.5. The Balaban J connectivity index is 1.41. The number of fused-ring (bicyclic) bond motifs is 2. The van der Waals surface area contributed by atoms with Gasteiger partial charge in [0, 0.05) is 5.39 Å². The largest absolute Gasteiger partial charge is 0.497 e. The Morgan fingerprint density at radius 2 is 1.97 bits per heavy atom. The molecule has 5 aromatic rings. The van der Waals surface area contributed by atoms with Crippen LogP contribution < -0.4 is 10.1 Å². The van der Waals surface area contributed by atoms with Gasteiger partial charge >= 0.3 is 0 Å². The molecule has 3 heterocycles. The van der Waals surface area contributed by atoms with Crippen LogP contribution in [0.3, 0.4) is 0 Å². The summed E-state index contributed by atoms with van der Waals surface area (Å²) in [5.41, 5.74) is 3.43. The second-order valence-electron chi connectivity index (χ2n) is 7.48. The van der Waals surface area contributed by atoms with E-state index in [1.807, 2.05) is 60.0 Å². The molecule has 0 bridgehead atoms. The molecule has 0 spiro atoms. The summed E-state index contributed by atoms with van der Waals surface area (Å²) < 4.78 is 7.23. The Labute approximate surface area is 190 Å². The third kappa shape index (κ3) is 3.83. The summed E-state index contributed by atoms with van der Waals surface area (Å²) in [5, 5.41) is 5.86. The van der Waals surface area contributed by atoms with E-state index in [0.29, 0.717) is 22.9 Å². The molecule has 7 nitrogen and oxygen atoms in total. The molecule has 3 aromatic heterocycles. The average molecular weight is 444 g/mol. The maximum absolute atomic E-state index is 6.24. The molecule has 1 unspecified atom stereocenters. The van der Waals surface area contributed by atoms with E-state index in [1.165, 1.54) is 0 Å². The second-order valence-corrected chi connectivity index (χ2v) is 7.89. The number of anilines is 1. The van der Waals surface area contributed by atoms with Crippen molar-refractivity contribution in [2.45, 2.75) is 19.5 Å². The molecule has 0 fully saturated rings. The Morgan fingerprint density at radius 1 is 1.12 bits per heavy atom. The number of benzene rings is 2. The highest BCUT2D eigenvalue weighted by Crippen LogP contribution is 2.27. The molecule has 0 aliphatic carbocycles. The lowest BCUT2D eigenvalue weighted by atomic mass is 10.1. The van der Waals surface area contributed by atoms with Crippen LogP contribution in [0.25, 0.3) is 21.9 Å². The van der Waals surface area contributed by atoms with E-state index in [1.54, 1.807) is 19.8 Å². The lowest BCUT2D eigenvalue weighted by molar-refractivity contribution is 0.414. The van der Waals surface area contributed by atoms with Crippen molar-refractivity contribution in [3.05, 3.63) is 83.7 Å². The topological polar surface area (TPSA) is 77.8 Å². The summed E-state index contributed by atoms with van der Waals surface area (Å²) in [6.45, 7) is 2.67. The number of nitrogens with one attached hydrogen (secondary N) is 1. The first kappa shape index (κ1) is 20.2. The van der Waals surface area contributed by atoms with E-state index in [4.69, 9.17) is 16.3 Å². The van der Waals surface area contributed by atoms with Gasteiger partial charge in [0.2, 0.25) is 0 Å². The number of aromatic nitrogens is 5. The standard InChI is InChI=1S/C24H20ClN6O/c1-15(21-10-17-4-3-5-20(25)19(17)11-26-21)30-23-22-24(28-13-27-23)31(14-29-22)12-16-6-8-18(32-2)9-7-16/h3-10,13-15H,12H2,1-2H3,(H,27,28,30). The van der Waals surface area contributed by atoms with Crippen molar-refractivity contribution >= 4 is 39.4 Å². The van der Waals surface area contributed by atoms with Gasteiger partial charge in [0.15, 0.2) is 11.5 Å². The molecule has 0 saturated carbocycles. The lowest BCUT2D eigenvalue weighted by Gasteiger charge is -2.15. The van der Waals surface area contributed by atoms with Crippen LogP contribution >= 0.6 is 11.6 Å². The van der Waals surface area contributed by atoms with E-state index in [9.17, 15) is 0 Å². The van der Waals surface area contributed by atoms with Crippen LogP contribution in [-0.4, -0.2) is 31.6 Å². The van der Waals surface area contributed by atoms with Crippen LogP contribution in [0.5, 0.6) is 5.75 Å². The van der Waals surface area contributed by atoms with Gasteiger partial charge in [-0.3, -0.25) is 0 Å². The summed E-state index contributed by atoms with van der Waals surface area (Å²) in [6.07, 6.45) is 6.37. The van der Waals surface area contributed by atoms with E-state index < -0.39 is 0 Å². The summed E-state index contributed by atoms with van der Waals surface area (Å²) >= 11 is 6.24. The third-order valence-corrected chi connectivity index (χ3v) is 5.67. The molecule has 1 radical (unpaired) electrons. The zero-order valence-corrected chi connectivity index (χ0v) is 18.3. The van der Waals surface area contributed by atoms with Crippen molar-refractivity contribution < 1.29 is 4.74 Å². The van der Waals surface area contributed by atoms with Crippen LogP contribution in [0.1, 0.15) is 24.2 Å². The Kier molecular flexibility index (Phi) is 5.33. The molecule has 0 saturated heterocycles. The molecule has 5 rings (SSSR count). The van der Waals surface area contributed by atoms with Gasteiger partial charge in [-0.15, -0.1) is 0 Å². The predicted molar refractivity (Wildman–Crippen MR) is 125 cm³/mol. The third-order valence-electron chi connectivity index (χ3n) is 5.36. The number of hydrogen-bond acceptors (Lipinski definition) is 6. The first-order chi connectivity index (χ1) is 15.6. The summed E-state index contributed by atoms with van der Waals surface area (Å²) in [5.74, 6) is 1.48. The van der Waals surface area contributed by atoms with Gasteiger partial charge in [0.05, 0.1) is 42.9 Å². The number of methoxy groups -OCH3 is 1. The van der Waals surface area contributed by atoms with E-state index in [2.05, 4.69) is 31.4 Å². The smallest absolute Gasteiger partial charge is 0.165 e. The van der Waals surface area contributed by atoms with Crippen LogP contribution in [-0.2, 0) is 6.54 Å². The number of halogens is 1. The Bertz CT molecular complexity index is 1400. The summed E-state index contributed by atoms with van der Waals surface area (Å²) in [4.78, 5) is 17.9. The van der Waals surface area contributed by atoms with E-state index >= 15 is 0 Å². The van der Waals surface area contributed by atoms with Gasteiger partial charge in [0.25, 0.3) is 0 Å². The molecule has 159 valence electrons.